The van der Waals surface area contributed by atoms with Crippen LogP contribution in [0.1, 0.15) is 22.6 Å². The highest BCUT2D eigenvalue weighted by molar-refractivity contribution is 9.10. The molecule has 0 aliphatic rings. The molecule has 0 aliphatic heterocycles. The van der Waals surface area contributed by atoms with Crippen LogP contribution in [-0.2, 0) is 0 Å². The summed E-state index contributed by atoms with van der Waals surface area (Å²) in [6.07, 6.45) is 4.11. The maximum atomic E-state index is 10.8. The van der Waals surface area contributed by atoms with Crippen molar-refractivity contribution in [2.24, 2.45) is 0 Å². The molecule has 0 spiro atoms. The molecular formula is C23H17BrN2O. The van der Waals surface area contributed by atoms with E-state index in [4.69, 9.17) is 0 Å². The largest absolute Gasteiger partial charge is 0.508 e. The quantitative estimate of drug-likeness (QED) is 0.317. The number of phenols is 1. The first-order valence-corrected chi connectivity index (χ1v) is 9.62. The van der Waals surface area contributed by atoms with Crippen molar-refractivity contribution in [1.82, 2.24) is 9.97 Å². The molecule has 3 N–H and O–H groups in total. The Hall–Kier alpha value is -2.98. The number of H-pyrrole nitrogens is 2. The minimum absolute atomic E-state index is 0.0922. The molecule has 2 heterocycles. The van der Waals surface area contributed by atoms with Gasteiger partial charge in [-0.15, -0.1) is 0 Å². The fourth-order valence-corrected chi connectivity index (χ4v) is 4.28. The Morgan fingerprint density at radius 3 is 1.81 bits per heavy atom. The van der Waals surface area contributed by atoms with Crippen LogP contribution in [0.2, 0.25) is 0 Å². The predicted octanol–water partition coefficient (Wildman–Crippen LogP) is 6.30. The molecule has 4 heteroatoms. The zero-order valence-corrected chi connectivity index (χ0v) is 16.0. The number of rotatable bonds is 3. The first-order valence-electron chi connectivity index (χ1n) is 8.83. The Labute approximate surface area is 164 Å². The molecule has 0 bridgehead atoms. The van der Waals surface area contributed by atoms with E-state index in [2.05, 4.69) is 62.6 Å². The lowest BCUT2D eigenvalue weighted by molar-refractivity contribution is 0.467. The molecule has 0 fully saturated rings. The van der Waals surface area contributed by atoms with E-state index in [0.717, 1.165) is 43.0 Å². The maximum Gasteiger partial charge on any atom is 0.120 e. The van der Waals surface area contributed by atoms with Crippen LogP contribution in [0.15, 0.2) is 83.6 Å². The summed E-state index contributed by atoms with van der Waals surface area (Å²) in [5.41, 5.74) is 5.36. The zero-order valence-electron chi connectivity index (χ0n) is 14.4. The van der Waals surface area contributed by atoms with Gasteiger partial charge < -0.3 is 15.1 Å². The average Bonchev–Trinajstić information content (AvgIpc) is 3.29. The third kappa shape index (κ3) is 2.64. The standard InChI is InChI=1S/C23H17BrN2O/c24-14-9-10-17(22(27)11-14)23(18-12-25-20-7-3-1-5-15(18)20)19-13-26-21-8-4-2-6-16(19)21/h1-13,23,25-27H. The number of para-hydroxylation sites is 2. The van der Waals surface area contributed by atoms with Crippen LogP contribution >= 0.6 is 15.9 Å². The van der Waals surface area contributed by atoms with Crippen molar-refractivity contribution >= 4 is 37.7 Å². The van der Waals surface area contributed by atoms with Crippen LogP contribution in [0.4, 0.5) is 0 Å². The van der Waals surface area contributed by atoms with Crippen molar-refractivity contribution in [1.29, 1.82) is 0 Å². The third-order valence-corrected chi connectivity index (χ3v) is 5.66. The summed E-state index contributed by atoms with van der Waals surface area (Å²) in [5.74, 6) is 0.190. The number of hydrogen-bond acceptors (Lipinski definition) is 1. The van der Waals surface area contributed by atoms with Gasteiger partial charge >= 0.3 is 0 Å². The van der Waals surface area contributed by atoms with Crippen LogP contribution in [0.25, 0.3) is 21.8 Å². The maximum absolute atomic E-state index is 10.8. The highest BCUT2D eigenvalue weighted by atomic mass is 79.9. The number of aromatic nitrogens is 2. The molecule has 0 amide bonds. The molecule has 2 aromatic heterocycles. The first-order chi connectivity index (χ1) is 13.2. The van der Waals surface area contributed by atoms with Gasteiger partial charge in [-0.2, -0.15) is 0 Å². The van der Waals surface area contributed by atoms with E-state index in [0.29, 0.717) is 0 Å². The van der Waals surface area contributed by atoms with Crippen LogP contribution in [-0.4, -0.2) is 15.1 Å². The number of nitrogens with one attached hydrogen (secondary N) is 2. The topological polar surface area (TPSA) is 51.8 Å². The SMILES string of the molecule is Oc1cc(Br)ccc1C(c1c[nH]c2ccccc12)c1c[nH]c2ccccc12. The van der Waals surface area contributed by atoms with Crippen LogP contribution in [0, 0.1) is 0 Å². The monoisotopic (exact) mass is 416 g/mol. The van der Waals surface area contributed by atoms with Gasteiger partial charge in [-0.25, -0.2) is 0 Å². The molecule has 3 aromatic carbocycles. The first kappa shape index (κ1) is 16.2. The highest BCUT2D eigenvalue weighted by Gasteiger charge is 2.25. The molecule has 0 aliphatic carbocycles. The molecule has 27 heavy (non-hydrogen) atoms. The number of phenolic OH excluding ortho intramolecular Hbond substituents is 1. The predicted molar refractivity (Wildman–Crippen MR) is 113 cm³/mol. The van der Waals surface area contributed by atoms with Gasteiger partial charge in [0.1, 0.15) is 5.75 Å². The van der Waals surface area contributed by atoms with Gasteiger partial charge in [0.2, 0.25) is 0 Å². The molecule has 0 unspecified atom stereocenters. The second kappa shape index (κ2) is 6.32. The summed E-state index contributed by atoms with van der Waals surface area (Å²) in [6, 6.07) is 22.3. The summed E-state index contributed by atoms with van der Waals surface area (Å²) < 4.78 is 0.861. The van der Waals surface area contributed by atoms with Crippen LogP contribution in [0.3, 0.4) is 0 Å². The lowest BCUT2D eigenvalue weighted by Gasteiger charge is -2.19. The Kier molecular flexibility index (Phi) is 3.80. The van der Waals surface area contributed by atoms with E-state index in [1.807, 2.05) is 36.4 Å². The molecule has 5 aromatic rings. The Balaban J connectivity index is 1.82. The summed E-state index contributed by atoms with van der Waals surface area (Å²) in [7, 11) is 0. The Morgan fingerprint density at radius 2 is 1.26 bits per heavy atom. The van der Waals surface area contributed by atoms with Gasteiger partial charge in [-0.05, 0) is 35.4 Å². The highest BCUT2D eigenvalue weighted by Crippen LogP contribution is 2.42. The lowest BCUT2D eigenvalue weighted by Crippen LogP contribution is -2.03. The number of aromatic hydroxyl groups is 1. The van der Waals surface area contributed by atoms with Crippen molar-refractivity contribution in [3.63, 3.8) is 0 Å². The van der Waals surface area contributed by atoms with E-state index in [-0.39, 0.29) is 11.7 Å². The smallest absolute Gasteiger partial charge is 0.120 e. The fraction of sp³-hybridized carbons (Fsp3) is 0.0435. The Morgan fingerprint density at radius 1 is 0.704 bits per heavy atom. The second-order valence-electron chi connectivity index (χ2n) is 6.72. The molecule has 0 saturated carbocycles. The van der Waals surface area contributed by atoms with Crippen molar-refractivity contribution in [2.75, 3.05) is 0 Å². The summed E-state index contributed by atoms with van der Waals surface area (Å²) in [5, 5.41) is 13.1. The average molecular weight is 417 g/mol. The van der Waals surface area contributed by atoms with Gasteiger partial charge in [0.15, 0.2) is 0 Å². The van der Waals surface area contributed by atoms with Gasteiger partial charge in [0.05, 0.1) is 0 Å². The minimum Gasteiger partial charge on any atom is -0.508 e. The fourth-order valence-electron chi connectivity index (χ4n) is 3.93. The van der Waals surface area contributed by atoms with E-state index in [1.165, 1.54) is 0 Å². The van der Waals surface area contributed by atoms with Crippen LogP contribution in [0.5, 0.6) is 5.75 Å². The number of benzene rings is 3. The molecular weight excluding hydrogens is 400 g/mol. The number of halogens is 1. The summed E-state index contributed by atoms with van der Waals surface area (Å²) in [6.45, 7) is 0. The van der Waals surface area contributed by atoms with Crippen molar-refractivity contribution in [3.05, 3.63) is 100 Å². The number of fused-ring (bicyclic) bond motifs is 2. The van der Waals surface area contributed by atoms with Gasteiger partial charge in [-0.3, -0.25) is 0 Å². The van der Waals surface area contributed by atoms with Gasteiger partial charge in [-0.1, -0.05) is 58.4 Å². The second-order valence-corrected chi connectivity index (χ2v) is 7.63. The van der Waals surface area contributed by atoms with E-state index in [9.17, 15) is 5.11 Å². The molecule has 0 atom stereocenters. The minimum atomic E-state index is -0.0922. The Bertz CT molecular complexity index is 1190. The molecule has 3 nitrogen and oxygen atoms in total. The van der Waals surface area contributed by atoms with Gasteiger partial charge in [0.25, 0.3) is 0 Å². The number of hydrogen-bond donors (Lipinski definition) is 3. The summed E-state index contributed by atoms with van der Waals surface area (Å²) >= 11 is 3.45. The molecule has 132 valence electrons. The normalized spacial score (nSPS) is 11.6. The zero-order chi connectivity index (χ0) is 18.4. The van der Waals surface area contributed by atoms with E-state index >= 15 is 0 Å². The lowest BCUT2D eigenvalue weighted by atomic mass is 9.84. The van der Waals surface area contributed by atoms with E-state index < -0.39 is 0 Å². The van der Waals surface area contributed by atoms with E-state index in [1.54, 1.807) is 6.07 Å². The van der Waals surface area contributed by atoms with Crippen molar-refractivity contribution in [3.8, 4) is 5.75 Å². The molecule has 0 radical (unpaired) electrons. The van der Waals surface area contributed by atoms with Gasteiger partial charge in [0, 0.05) is 50.2 Å². The third-order valence-electron chi connectivity index (χ3n) is 5.17. The summed E-state index contributed by atoms with van der Waals surface area (Å²) in [4.78, 5) is 6.76. The van der Waals surface area contributed by atoms with Crippen molar-refractivity contribution in [2.45, 2.75) is 5.92 Å². The number of aromatic amines is 2. The van der Waals surface area contributed by atoms with Crippen LogP contribution < -0.4 is 0 Å². The molecule has 0 saturated heterocycles. The van der Waals surface area contributed by atoms with Crippen molar-refractivity contribution < 1.29 is 5.11 Å². The molecule has 5 rings (SSSR count).